The number of hydrogen-bond acceptors (Lipinski definition) is 3. The molecule has 4 nitrogen and oxygen atoms in total. The summed E-state index contributed by atoms with van der Waals surface area (Å²) in [6, 6.07) is 7.95. The number of carbonyl (C=O) groups excluding carboxylic acids is 1. The van der Waals surface area contributed by atoms with Crippen molar-refractivity contribution in [3.63, 3.8) is 0 Å². The first-order valence-corrected chi connectivity index (χ1v) is 5.33. The molecular formula is C13H14N2O2. The monoisotopic (exact) mass is 230 g/mol. The summed E-state index contributed by atoms with van der Waals surface area (Å²) in [7, 11) is 1.37. The van der Waals surface area contributed by atoms with Crippen LogP contribution in [0.5, 0.6) is 0 Å². The van der Waals surface area contributed by atoms with Crippen molar-refractivity contribution in [2.24, 2.45) is 0 Å². The van der Waals surface area contributed by atoms with Gasteiger partial charge in [0.2, 0.25) is 0 Å². The average molecular weight is 230 g/mol. The summed E-state index contributed by atoms with van der Waals surface area (Å²) in [5, 5.41) is 4.21. The Morgan fingerprint density at radius 1 is 1.35 bits per heavy atom. The summed E-state index contributed by atoms with van der Waals surface area (Å²) in [5.74, 6) is -0.360. The van der Waals surface area contributed by atoms with E-state index in [1.54, 1.807) is 4.68 Å². The number of aryl methyl sites for hydroxylation is 1. The van der Waals surface area contributed by atoms with E-state index in [-0.39, 0.29) is 5.97 Å². The van der Waals surface area contributed by atoms with Gasteiger partial charge >= 0.3 is 5.97 Å². The molecule has 2 rings (SSSR count). The Hall–Kier alpha value is -2.10. The first-order valence-electron chi connectivity index (χ1n) is 5.33. The second kappa shape index (κ2) is 4.41. The van der Waals surface area contributed by atoms with Crippen LogP contribution in [0.1, 0.15) is 21.6 Å². The van der Waals surface area contributed by atoms with Crippen molar-refractivity contribution in [2.45, 2.75) is 13.8 Å². The molecule has 0 aliphatic rings. The number of hydrogen-bond donors (Lipinski definition) is 0. The number of rotatable bonds is 2. The molecule has 0 saturated heterocycles. The number of benzene rings is 1. The third-order valence-electron chi connectivity index (χ3n) is 2.66. The molecule has 0 unspecified atom stereocenters. The number of ether oxygens (including phenoxy) is 1. The molecule has 1 aromatic carbocycles. The van der Waals surface area contributed by atoms with Crippen LogP contribution in [0.25, 0.3) is 5.69 Å². The summed E-state index contributed by atoms with van der Waals surface area (Å²) >= 11 is 0. The molecule has 0 N–H and O–H groups in total. The smallest absolute Gasteiger partial charge is 0.341 e. The number of methoxy groups -OCH3 is 1. The number of nitrogens with zero attached hydrogens (tertiary/aromatic N) is 2. The topological polar surface area (TPSA) is 44.1 Å². The molecule has 0 atom stereocenters. The van der Waals surface area contributed by atoms with Crippen molar-refractivity contribution in [1.29, 1.82) is 0 Å². The normalized spacial score (nSPS) is 10.3. The van der Waals surface area contributed by atoms with Crippen molar-refractivity contribution in [3.8, 4) is 5.69 Å². The molecule has 0 saturated carbocycles. The van der Waals surface area contributed by atoms with E-state index in [9.17, 15) is 4.79 Å². The minimum atomic E-state index is -0.360. The summed E-state index contributed by atoms with van der Waals surface area (Å²) in [4.78, 5) is 11.5. The van der Waals surface area contributed by atoms with Gasteiger partial charge in [-0.1, -0.05) is 12.1 Å². The summed E-state index contributed by atoms with van der Waals surface area (Å²) in [6.45, 7) is 3.87. The number of carbonyl (C=O) groups is 1. The van der Waals surface area contributed by atoms with E-state index in [1.165, 1.54) is 13.3 Å². The van der Waals surface area contributed by atoms with Crippen molar-refractivity contribution in [2.75, 3.05) is 7.11 Å². The maximum atomic E-state index is 11.5. The molecule has 0 spiro atoms. The Balaban J connectivity index is 2.48. The van der Waals surface area contributed by atoms with Crippen LogP contribution in [0.15, 0.2) is 30.5 Å². The third-order valence-corrected chi connectivity index (χ3v) is 2.66. The lowest BCUT2D eigenvalue weighted by molar-refractivity contribution is 0.0600. The highest BCUT2D eigenvalue weighted by molar-refractivity contribution is 5.90. The number of aromatic nitrogens is 2. The van der Waals surface area contributed by atoms with Crippen LogP contribution in [0, 0.1) is 13.8 Å². The van der Waals surface area contributed by atoms with Gasteiger partial charge in [0.05, 0.1) is 24.7 Å². The second-order valence-electron chi connectivity index (χ2n) is 3.89. The fourth-order valence-electron chi connectivity index (χ4n) is 1.74. The van der Waals surface area contributed by atoms with Gasteiger partial charge in [0.1, 0.15) is 5.56 Å². The van der Waals surface area contributed by atoms with Gasteiger partial charge in [-0.25, -0.2) is 9.48 Å². The molecule has 0 radical (unpaired) electrons. The highest BCUT2D eigenvalue weighted by Gasteiger charge is 2.15. The van der Waals surface area contributed by atoms with Crippen LogP contribution in [0.3, 0.4) is 0 Å². The highest BCUT2D eigenvalue weighted by atomic mass is 16.5. The van der Waals surface area contributed by atoms with Gasteiger partial charge in [-0.2, -0.15) is 5.10 Å². The SMILES string of the molecule is COC(=O)c1cnn(-c2cccc(C)c2)c1C. The predicted octanol–water partition coefficient (Wildman–Crippen LogP) is 2.28. The van der Waals surface area contributed by atoms with E-state index < -0.39 is 0 Å². The van der Waals surface area contributed by atoms with Gasteiger partial charge in [-0.15, -0.1) is 0 Å². The Morgan fingerprint density at radius 2 is 2.12 bits per heavy atom. The zero-order chi connectivity index (χ0) is 12.4. The van der Waals surface area contributed by atoms with Crippen molar-refractivity contribution >= 4 is 5.97 Å². The van der Waals surface area contributed by atoms with Crippen molar-refractivity contribution in [1.82, 2.24) is 9.78 Å². The van der Waals surface area contributed by atoms with Crippen LogP contribution < -0.4 is 0 Å². The van der Waals surface area contributed by atoms with E-state index in [1.807, 2.05) is 38.1 Å². The predicted molar refractivity (Wildman–Crippen MR) is 64.4 cm³/mol. The van der Waals surface area contributed by atoms with E-state index in [0.717, 1.165) is 16.9 Å². The molecule has 4 heteroatoms. The molecule has 0 fully saturated rings. The first-order chi connectivity index (χ1) is 8.13. The highest BCUT2D eigenvalue weighted by Crippen LogP contribution is 2.15. The van der Waals surface area contributed by atoms with E-state index in [0.29, 0.717) is 5.56 Å². The zero-order valence-corrected chi connectivity index (χ0v) is 10.1. The Labute approximate surface area is 99.8 Å². The summed E-state index contributed by atoms with van der Waals surface area (Å²) in [5.41, 5.74) is 3.37. The summed E-state index contributed by atoms with van der Waals surface area (Å²) < 4.78 is 6.43. The molecule has 1 heterocycles. The fourth-order valence-corrected chi connectivity index (χ4v) is 1.74. The van der Waals surface area contributed by atoms with Gasteiger partial charge in [-0.3, -0.25) is 0 Å². The Bertz CT molecular complexity index is 558. The van der Waals surface area contributed by atoms with Crippen molar-refractivity contribution < 1.29 is 9.53 Å². The van der Waals surface area contributed by atoms with Crippen LogP contribution in [-0.2, 0) is 4.74 Å². The molecule has 0 bridgehead atoms. The Morgan fingerprint density at radius 3 is 2.76 bits per heavy atom. The van der Waals surface area contributed by atoms with Gasteiger partial charge < -0.3 is 4.74 Å². The Kier molecular flexibility index (Phi) is 2.95. The number of esters is 1. The fraction of sp³-hybridized carbons (Fsp3) is 0.231. The maximum absolute atomic E-state index is 11.5. The van der Waals surface area contributed by atoms with Crippen LogP contribution in [0.2, 0.25) is 0 Å². The molecule has 0 amide bonds. The van der Waals surface area contributed by atoms with E-state index in [2.05, 4.69) is 5.10 Å². The van der Waals surface area contributed by atoms with Gasteiger partial charge in [0, 0.05) is 0 Å². The molecule has 17 heavy (non-hydrogen) atoms. The standard InChI is InChI=1S/C13H14N2O2/c1-9-5-4-6-11(7-9)15-10(2)12(8-14-15)13(16)17-3/h4-8H,1-3H3. The third kappa shape index (κ3) is 2.06. The molecule has 1 aromatic heterocycles. The quantitative estimate of drug-likeness (QED) is 0.743. The van der Waals surface area contributed by atoms with E-state index >= 15 is 0 Å². The van der Waals surface area contributed by atoms with Crippen molar-refractivity contribution in [3.05, 3.63) is 47.3 Å². The zero-order valence-electron chi connectivity index (χ0n) is 10.1. The second-order valence-corrected chi connectivity index (χ2v) is 3.89. The van der Waals surface area contributed by atoms with Crippen LogP contribution in [-0.4, -0.2) is 22.9 Å². The minimum Gasteiger partial charge on any atom is -0.465 e. The van der Waals surface area contributed by atoms with E-state index in [4.69, 9.17) is 4.74 Å². The molecule has 0 aliphatic heterocycles. The molecular weight excluding hydrogens is 216 g/mol. The lowest BCUT2D eigenvalue weighted by Crippen LogP contribution is -2.04. The van der Waals surface area contributed by atoms with Crippen LogP contribution in [0.4, 0.5) is 0 Å². The maximum Gasteiger partial charge on any atom is 0.341 e. The van der Waals surface area contributed by atoms with Gasteiger partial charge in [0.25, 0.3) is 0 Å². The van der Waals surface area contributed by atoms with Gasteiger partial charge in [0.15, 0.2) is 0 Å². The molecule has 0 aliphatic carbocycles. The van der Waals surface area contributed by atoms with Gasteiger partial charge in [-0.05, 0) is 31.5 Å². The summed E-state index contributed by atoms with van der Waals surface area (Å²) in [6.07, 6.45) is 1.53. The average Bonchev–Trinajstić information content (AvgIpc) is 2.70. The van der Waals surface area contributed by atoms with Crippen LogP contribution >= 0.6 is 0 Å². The lowest BCUT2D eigenvalue weighted by atomic mass is 10.2. The first kappa shape index (κ1) is 11.4. The lowest BCUT2D eigenvalue weighted by Gasteiger charge is -2.05. The minimum absolute atomic E-state index is 0.360. The largest absolute Gasteiger partial charge is 0.465 e. The molecule has 88 valence electrons. The molecule has 2 aromatic rings.